The number of nitrogens with zero attached hydrogens (tertiary/aromatic N) is 2. The average molecular weight is 206 g/mol. The van der Waals surface area contributed by atoms with Crippen molar-refractivity contribution >= 4 is 17.7 Å². The molecule has 0 fully saturated rings. The zero-order chi connectivity index (χ0) is 10.8. The lowest BCUT2D eigenvalue weighted by Crippen LogP contribution is -2.18. The van der Waals surface area contributed by atoms with Crippen molar-refractivity contribution in [3.8, 4) is 0 Å². The molecule has 0 saturated carbocycles. The zero-order valence-corrected chi connectivity index (χ0v) is 8.60. The molecule has 1 aliphatic heterocycles. The van der Waals surface area contributed by atoms with E-state index in [0.717, 1.165) is 12.1 Å². The van der Waals surface area contributed by atoms with Gasteiger partial charge in [0.2, 0.25) is 0 Å². The molecule has 0 spiro atoms. The van der Waals surface area contributed by atoms with Gasteiger partial charge in [-0.1, -0.05) is 0 Å². The van der Waals surface area contributed by atoms with Gasteiger partial charge < -0.3 is 15.9 Å². The molecule has 1 aromatic heterocycles. The zero-order valence-electron chi connectivity index (χ0n) is 8.60. The van der Waals surface area contributed by atoms with Gasteiger partial charge in [-0.3, -0.25) is 0 Å². The van der Waals surface area contributed by atoms with Crippen molar-refractivity contribution in [2.45, 2.75) is 19.4 Å². The Morgan fingerprint density at radius 3 is 3.13 bits per heavy atom. The highest BCUT2D eigenvalue weighted by Crippen LogP contribution is 2.22. The fourth-order valence-electron chi connectivity index (χ4n) is 1.63. The normalized spacial score (nSPS) is 21.1. The summed E-state index contributed by atoms with van der Waals surface area (Å²) >= 11 is 0. The van der Waals surface area contributed by atoms with Gasteiger partial charge in [0.05, 0.1) is 24.5 Å². The van der Waals surface area contributed by atoms with E-state index in [-0.39, 0.29) is 6.10 Å². The fourth-order valence-corrected chi connectivity index (χ4v) is 1.63. The van der Waals surface area contributed by atoms with Crippen LogP contribution in [-0.2, 0) is 4.74 Å². The summed E-state index contributed by atoms with van der Waals surface area (Å²) in [5.74, 6) is 0.519. The third-order valence-electron chi connectivity index (χ3n) is 2.46. The molecule has 80 valence electrons. The van der Waals surface area contributed by atoms with Gasteiger partial charge in [-0.2, -0.15) is 5.10 Å². The van der Waals surface area contributed by atoms with Gasteiger partial charge >= 0.3 is 0 Å². The SMILES string of the molecule is CC1CC(n2ncc(C=N)c2N)=CCO1. The van der Waals surface area contributed by atoms with Crippen molar-refractivity contribution in [2.75, 3.05) is 12.3 Å². The number of hydrogen-bond acceptors (Lipinski definition) is 4. The van der Waals surface area contributed by atoms with Gasteiger partial charge in [-0.15, -0.1) is 0 Å². The molecule has 1 atom stereocenters. The van der Waals surface area contributed by atoms with Crippen molar-refractivity contribution in [1.29, 1.82) is 5.41 Å². The summed E-state index contributed by atoms with van der Waals surface area (Å²) in [6, 6.07) is 0. The molecule has 0 amide bonds. The third kappa shape index (κ3) is 1.78. The van der Waals surface area contributed by atoms with E-state index < -0.39 is 0 Å². The smallest absolute Gasteiger partial charge is 0.135 e. The van der Waals surface area contributed by atoms with Crippen LogP contribution < -0.4 is 5.73 Å². The number of ether oxygens (including phenoxy) is 1. The van der Waals surface area contributed by atoms with E-state index in [1.54, 1.807) is 10.9 Å². The Morgan fingerprint density at radius 1 is 1.73 bits per heavy atom. The summed E-state index contributed by atoms with van der Waals surface area (Å²) in [7, 11) is 0. The van der Waals surface area contributed by atoms with Crippen molar-refractivity contribution in [1.82, 2.24) is 9.78 Å². The minimum Gasteiger partial charge on any atom is -0.383 e. The highest BCUT2D eigenvalue weighted by Gasteiger charge is 2.16. The first-order valence-electron chi connectivity index (χ1n) is 4.87. The molecule has 5 nitrogen and oxygen atoms in total. The number of rotatable bonds is 2. The number of nitrogen functional groups attached to an aromatic ring is 1. The van der Waals surface area contributed by atoms with Crippen LogP contribution in [0.2, 0.25) is 0 Å². The van der Waals surface area contributed by atoms with Gasteiger partial charge in [0.25, 0.3) is 0 Å². The lowest BCUT2D eigenvalue weighted by atomic mass is 10.2. The second-order valence-corrected chi connectivity index (χ2v) is 3.58. The first-order valence-corrected chi connectivity index (χ1v) is 4.87. The molecule has 2 rings (SSSR count). The van der Waals surface area contributed by atoms with Gasteiger partial charge in [-0.05, 0) is 13.0 Å². The lowest BCUT2D eigenvalue weighted by molar-refractivity contribution is 0.0832. The molecule has 0 aliphatic carbocycles. The molecule has 0 aromatic carbocycles. The molecule has 15 heavy (non-hydrogen) atoms. The largest absolute Gasteiger partial charge is 0.383 e. The van der Waals surface area contributed by atoms with Crippen LogP contribution in [0.3, 0.4) is 0 Å². The van der Waals surface area contributed by atoms with Crippen LogP contribution in [0.25, 0.3) is 5.70 Å². The fraction of sp³-hybridized carbons (Fsp3) is 0.400. The summed E-state index contributed by atoms with van der Waals surface area (Å²) in [6.45, 7) is 2.61. The number of hydrogen-bond donors (Lipinski definition) is 2. The minimum atomic E-state index is 0.192. The monoisotopic (exact) mass is 206 g/mol. The lowest BCUT2D eigenvalue weighted by Gasteiger charge is -2.20. The molecule has 1 aromatic rings. The molecule has 3 N–H and O–H groups in total. The predicted octanol–water partition coefficient (Wildman–Crippen LogP) is 1.11. The average Bonchev–Trinajstić information content (AvgIpc) is 2.59. The van der Waals surface area contributed by atoms with Crippen LogP contribution in [0.5, 0.6) is 0 Å². The maximum Gasteiger partial charge on any atom is 0.135 e. The van der Waals surface area contributed by atoms with Crippen LogP contribution in [0.15, 0.2) is 12.3 Å². The minimum absolute atomic E-state index is 0.192. The first-order chi connectivity index (χ1) is 7.22. The second kappa shape index (κ2) is 3.86. The predicted molar refractivity (Wildman–Crippen MR) is 58.8 cm³/mol. The van der Waals surface area contributed by atoms with Crippen LogP contribution in [-0.4, -0.2) is 28.7 Å². The van der Waals surface area contributed by atoms with E-state index in [4.69, 9.17) is 15.9 Å². The Morgan fingerprint density at radius 2 is 2.53 bits per heavy atom. The third-order valence-corrected chi connectivity index (χ3v) is 2.46. The van der Waals surface area contributed by atoms with Crippen LogP contribution in [0, 0.1) is 5.41 Å². The summed E-state index contributed by atoms with van der Waals surface area (Å²) in [4.78, 5) is 0. The van der Waals surface area contributed by atoms with E-state index in [1.807, 2.05) is 13.0 Å². The Bertz CT molecular complexity index is 408. The Balaban J connectivity index is 2.33. The number of aromatic nitrogens is 2. The van der Waals surface area contributed by atoms with Crippen molar-refractivity contribution in [3.05, 3.63) is 17.8 Å². The summed E-state index contributed by atoms with van der Waals surface area (Å²) < 4.78 is 7.08. The molecule has 0 bridgehead atoms. The van der Waals surface area contributed by atoms with Gasteiger partial charge in [-0.25, -0.2) is 4.68 Å². The summed E-state index contributed by atoms with van der Waals surface area (Å²) in [5, 5.41) is 11.3. The van der Waals surface area contributed by atoms with Crippen molar-refractivity contribution in [3.63, 3.8) is 0 Å². The van der Waals surface area contributed by atoms with E-state index >= 15 is 0 Å². The molecule has 2 heterocycles. The van der Waals surface area contributed by atoms with Crippen LogP contribution in [0.1, 0.15) is 18.9 Å². The number of nitrogens with two attached hydrogens (primary N) is 1. The van der Waals surface area contributed by atoms with E-state index in [1.165, 1.54) is 6.21 Å². The molecule has 5 heteroatoms. The van der Waals surface area contributed by atoms with Gasteiger partial charge in [0, 0.05) is 18.3 Å². The Kier molecular flexibility index (Phi) is 2.55. The quantitative estimate of drug-likeness (QED) is 0.711. The highest BCUT2D eigenvalue weighted by molar-refractivity contribution is 5.84. The molecule has 0 saturated heterocycles. The number of nitrogens with one attached hydrogen (secondary N) is 1. The maximum atomic E-state index is 7.15. The molecular formula is C10H14N4O. The Labute approximate surface area is 88.0 Å². The first kappa shape index (κ1) is 9.92. The molecule has 1 unspecified atom stereocenters. The van der Waals surface area contributed by atoms with Gasteiger partial charge in [0.15, 0.2) is 0 Å². The van der Waals surface area contributed by atoms with Crippen molar-refractivity contribution in [2.24, 2.45) is 0 Å². The summed E-state index contributed by atoms with van der Waals surface area (Å²) in [6.07, 6.45) is 5.77. The highest BCUT2D eigenvalue weighted by atomic mass is 16.5. The van der Waals surface area contributed by atoms with E-state index in [9.17, 15) is 0 Å². The standard InChI is InChI=1S/C10H14N4O/c1-7-4-9(2-3-15-7)14-10(12)8(5-11)6-13-14/h2,5-7,11H,3-4,12H2,1H3. The summed E-state index contributed by atoms with van der Waals surface area (Å²) in [5.41, 5.74) is 7.55. The van der Waals surface area contributed by atoms with E-state index in [2.05, 4.69) is 5.10 Å². The van der Waals surface area contributed by atoms with Gasteiger partial charge in [0.1, 0.15) is 5.82 Å². The van der Waals surface area contributed by atoms with Crippen LogP contribution in [0.4, 0.5) is 5.82 Å². The Hall–Kier alpha value is -1.62. The second-order valence-electron chi connectivity index (χ2n) is 3.58. The molecular weight excluding hydrogens is 192 g/mol. The maximum absolute atomic E-state index is 7.15. The van der Waals surface area contributed by atoms with E-state index in [0.29, 0.717) is 18.0 Å². The molecule has 1 aliphatic rings. The topological polar surface area (TPSA) is 76.9 Å². The van der Waals surface area contributed by atoms with Crippen LogP contribution >= 0.6 is 0 Å². The number of anilines is 1. The van der Waals surface area contributed by atoms with Crippen molar-refractivity contribution < 1.29 is 4.74 Å². The molecule has 0 radical (unpaired) electrons.